The first-order valence-corrected chi connectivity index (χ1v) is 13.3. The number of nitrogens with one attached hydrogen (secondary N) is 1. The van der Waals surface area contributed by atoms with E-state index in [-0.39, 0.29) is 16.5 Å². The number of benzene rings is 3. The van der Waals surface area contributed by atoms with E-state index in [1.807, 2.05) is 36.4 Å². The van der Waals surface area contributed by atoms with Gasteiger partial charge in [-0.3, -0.25) is 4.79 Å². The number of rotatable bonds is 7. The molecule has 0 bridgehead atoms. The third-order valence-corrected chi connectivity index (χ3v) is 8.41. The van der Waals surface area contributed by atoms with E-state index < -0.39 is 28.0 Å². The van der Waals surface area contributed by atoms with Crippen molar-refractivity contribution in [2.75, 3.05) is 12.4 Å². The molecule has 0 radical (unpaired) electrons. The summed E-state index contributed by atoms with van der Waals surface area (Å²) in [5.41, 5.74) is 0.670. The Morgan fingerprint density at radius 1 is 0.943 bits per heavy atom. The quantitative estimate of drug-likeness (QED) is 0.468. The molecular formula is C27H30N2O5S. The first-order chi connectivity index (χ1) is 16.8. The predicted octanol–water partition coefficient (Wildman–Crippen LogP) is 4.98. The van der Waals surface area contributed by atoms with Crippen LogP contribution in [0, 0.1) is 0 Å². The Balaban J connectivity index is 1.42. The van der Waals surface area contributed by atoms with Crippen LogP contribution in [-0.2, 0) is 19.6 Å². The van der Waals surface area contributed by atoms with E-state index >= 15 is 0 Å². The molecule has 7 nitrogen and oxygen atoms in total. The Morgan fingerprint density at radius 2 is 1.66 bits per heavy atom. The molecule has 3 aromatic carbocycles. The van der Waals surface area contributed by atoms with E-state index in [0.717, 1.165) is 42.9 Å². The number of fused-ring (bicyclic) bond motifs is 1. The second kappa shape index (κ2) is 10.6. The molecule has 0 heterocycles. The Kier molecular flexibility index (Phi) is 7.52. The van der Waals surface area contributed by atoms with Gasteiger partial charge in [-0.25, -0.2) is 13.2 Å². The van der Waals surface area contributed by atoms with Crippen molar-refractivity contribution in [3.05, 3.63) is 72.3 Å². The van der Waals surface area contributed by atoms with Crippen LogP contribution < -0.4 is 5.32 Å². The first-order valence-electron chi connectivity index (χ1n) is 11.8. The topological polar surface area (TPSA) is 92.8 Å². The second-order valence-electron chi connectivity index (χ2n) is 8.94. The maximum Gasteiger partial charge on any atom is 0.338 e. The molecule has 184 valence electrons. The molecule has 1 N–H and O–H groups in total. The van der Waals surface area contributed by atoms with Crippen LogP contribution >= 0.6 is 0 Å². The maximum atomic E-state index is 13.1. The molecule has 0 unspecified atom stereocenters. The van der Waals surface area contributed by atoms with E-state index in [9.17, 15) is 18.0 Å². The third-order valence-electron chi connectivity index (χ3n) is 6.51. The van der Waals surface area contributed by atoms with Gasteiger partial charge in [-0.1, -0.05) is 55.7 Å². The van der Waals surface area contributed by atoms with Gasteiger partial charge in [0.05, 0.1) is 10.5 Å². The number of nitrogens with zero attached hydrogens (tertiary/aromatic N) is 1. The smallest absolute Gasteiger partial charge is 0.338 e. The lowest BCUT2D eigenvalue weighted by atomic mass is 9.96. The minimum atomic E-state index is -3.75. The van der Waals surface area contributed by atoms with Gasteiger partial charge in [0.1, 0.15) is 0 Å². The lowest BCUT2D eigenvalue weighted by Gasteiger charge is -2.30. The Labute approximate surface area is 206 Å². The molecule has 1 fully saturated rings. The summed E-state index contributed by atoms with van der Waals surface area (Å²) in [7, 11) is -2.16. The van der Waals surface area contributed by atoms with Gasteiger partial charge in [-0.2, -0.15) is 4.31 Å². The van der Waals surface area contributed by atoms with Gasteiger partial charge in [0.2, 0.25) is 10.0 Å². The predicted molar refractivity (Wildman–Crippen MR) is 136 cm³/mol. The van der Waals surface area contributed by atoms with Gasteiger partial charge in [-0.15, -0.1) is 0 Å². The summed E-state index contributed by atoms with van der Waals surface area (Å²) in [6.07, 6.45) is 3.74. The average molecular weight is 495 g/mol. The van der Waals surface area contributed by atoms with E-state index in [2.05, 4.69) is 5.32 Å². The second-order valence-corrected chi connectivity index (χ2v) is 10.9. The molecule has 3 aromatic rings. The zero-order valence-electron chi connectivity index (χ0n) is 19.9. The molecule has 0 aromatic heterocycles. The van der Waals surface area contributed by atoms with Gasteiger partial charge >= 0.3 is 5.97 Å². The standard InChI is InChI=1S/C27H30N2O5S/c1-19(26(30)28-23-16-15-20-9-6-7-10-21(20)17-23)34-27(31)22-11-8-14-25(18-22)35(32,33)29(2)24-12-4-3-5-13-24/h6-11,14-19,24H,3-5,12-13H2,1-2H3,(H,28,30)/t19-/m1/s1. The highest BCUT2D eigenvalue weighted by Crippen LogP contribution is 2.27. The maximum absolute atomic E-state index is 13.1. The number of esters is 1. The molecule has 35 heavy (non-hydrogen) atoms. The van der Waals surface area contributed by atoms with Crippen molar-refractivity contribution in [2.45, 2.75) is 56.1 Å². The van der Waals surface area contributed by atoms with Crippen LogP contribution in [0.4, 0.5) is 5.69 Å². The van der Waals surface area contributed by atoms with Crippen molar-refractivity contribution < 1.29 is 22.7 Å². The summed E-state index contributed by atoms with van der Waals surface area (Å²) < 4.78 is 33.0. The van der Waals surface area contributed by atoms with Crippen molar-refractivity contribution >= 4 is 38.4 Å². The molecule has 0 saturated heterocycles. The number of ether oxygens (including phenoxy) is 1. The fourth-order valence-corrected chi connectivity index (χ4v) is 5.85. The largest absolute Gasteiger partial charge is 0.449 e. The summed E-state index contributed by atoms with van der Waals surface area (Å²) in [6, 6.07) is 19.1. The first kappa shape index (κ1) is 24.9. The zero-order valence-corrected chi connectivity index (χ0v) is 20.8. The van der Waals surface area contributed by atoms with E-state index in [1.54, 1.807) is 13.1 Å². The van der Waals surface area contributed by atoms with Gasteiger partial charge in [-0.05, 0) is 60.9 Å². The Bertz CT molecular complexity index is 1330. The van der Waals surface area contributed by atoms with Crippen molar-refractivity contribution in [3.8, 4) is 0 Å². The molecule has 0 spiro atoms. The van der Waals surface area contributed by atoms with Crippen LogP contribution in [0.5, 0.6) is 0 Å². The summed E-state index contributed by atoms with van der Waals surface area (Å²) in [4.78, 5) is 25.4. The number of amides is 1. The highest BCUT2D eigenvalue weighted by Gasteiger charge is 2.30. The van der Waals surface area contributed by atoms with Crippen molar-refractivity contribution in [3.63, 3.8) is 0 Å². The van der Waals surface area contributed by atoms with Crippen molar-refractivity contribution in [2.24, 2.45) is 0 Å². The van der Waals surface area contributed by atoms with Crippen LogP contribution in [0.15, 0.2) is 71.6 Å². The van der Waals surface area contributed by atoms with Crippen LogP contribution in [0.25, 0.3) is 10.8 Å². The minimum Gasteiger partial charge on any atom is -0.449 e. The van der Waals surface area contributed by atoms with Crippen molar-refractivity contribution in [1.29, 1.82) is 0 Å². The van der Waals surface area contributed by atoms with Crippen LogP contribution in [0.1, 0.15) is 49.4 Å². The molecule has 1 atom stereocenters. The molecular weight excluding hydrogens is 464 g/mol. The molecule has 0 aliphatic heterocycles. The highest BCUT2D eigenvalue weighted by molar-refractivity contribution is 7.89. The van der Waals surface area contributed by atoms with Gasteiger partial charge in [0.25, 0.3) is 5.91 Å². The van der Waals surface area contributed by atoms with Gasteiger partial charge in [0.15, 0.2) is 6.10 Å². The van der Waals surface area contributed by atoms with E-state index in [4.69, 9.17) is 4.74 Å². The molecule has 1 aliphatic rings. The lowest BCUT2D eigenvalue weighted by Crippen LogP contribution is -2.38. The minimum absolute atomic E-state index is 0.0355. The number of hydrogen-bond acceptors (Lipinski definition) is 5. The monoisotopic (exact) mass is 494 g/mol. The zero-order chi connectivity index (χ0) is 25.0. The fraction of sp³-hybridized carbons (Fsp3) is 0.333. The molecule has 1 saturated carbocycles. The molecule has 4 rings (SSSR count). The number of hydrogen-bond donors (Lipinski definition) is 1. The molecule has 1 aliphatic carbocycles. The van der Waals surface area contributed by atoms with Gasteiger partial charge < -0.3 is 10.1 Å². The normalized spacial score (nSPS) is 15.6. The van der Waals surface area contributed by atoms with E-state index in [1.165, 1.54) is 35.5 Å². The Hall–Kier alpha value is -3.23. The van der Waals surface area contributed by atoms with Crippen LogP contribution in [0.3, 0.4) is 0 Å². The Morgan fingerprint density at radius 3 is 2.40 bits per heavy atom. The molecule has 8 heteroatoms. The van der Waals surface area contributed by atoms with Crippen LogP contribution in [-0.4, -0.2) is 43.8 Å². The summed E-state index contributed by atoms with van der Waals surface area (Å²) in [6.45, 7) is 1.48. The average Bonchev–Trinajstić information content (AvgIpc) is 2.88. The highest BCUT2D eigenvalue weighted by atomic mass is 32.2. The van der Waals surface area contributed by atoms with Crippen molar-refractivity contribution in [1.82, 2.24) is 4.31 Å². The summed E-state index contributed by atoms with van der Waals surface area (Å²) in [5, 5.41) is 4.79. The fourth-order valence-electron chi connectivity index (χ4n) is 4.38. The number of carbonyl (C=O) groups excluding carboxylic acids is 2. The van der Waals surface area contributed by atoms with E-state index in [0.29, 0.717) is 5.69 Å². The lowest BCUT2D eigenvalue weighted by molar-refractivity contribution is -0.123. The van der Waals surface area contributed by atoms with Gasteiger partial charge in [0, 0.05) is 18.8 Å². The summed E-state index contributed by atoms with van der Waals surface area (Å²) >= 11 is 0. The number of carbonyl (C=O) groups is 2. The summed E-state index contributed by atoms with van der Waals surface area (Å²) in [5.74, 6) is -1.24. The van der Waals surface area contributed by atoms with Crippen LogP contribution in [0.2, 0.25) is 0 Å². The SMILES string of the molecule is C[C@@H](OC(=O)c1cccc(S(=O)(=O)N(C)C2CCCCC2)c1)C(=O)Nc1ccc2ccccc2c1. The number of sulfonamides is 1. The third kappa shape index (κ3) is 5.71. The molecule has 1 amide bonds. The number of anilines is 1.